The van der Waals surface area contributed by atoms with Crippen molar-refractivity contribution in [3.05, 3.63) is 66.9 Å². The summed E-state index contributed by atoms with van der Waals surface area (Å²) in [6.07, 6.45) is 6.03. The van der Waals surface area contributed by atoms with E-state index < -0.39 is 0 Å². The van der Waals surface area contributed by atoms with E-state index in [4.69, 9.17) is 10.5 Å². The maximum absolute atomic E-state index is 12.2. The van der Waals surface area contributed by atoms with Gasteiger partial charge in [0, 0.05) is 23.5 Å². The number of anilines is 2. The lowest BCUT2D eigenvalue weighted by Crippen LogP contribution is -2.13. The van der Waals surface area contributed by atoms with Crippen LogP contribution in [0.25, 0.3) is 0 Å². The number of hydrogen-bond donors (Lipinski definition) is 2. The van der Waals surface area contributed by atoms with Gasteiger partial charge in [-0.1, -0.05) is 6.07 Å². The lowest BCUT2D eigenvalue weighted by Gasteiger charge is -2.08. The molecule has 0 saturated carbocycles. The summed E-state index contributed by atoms with van der Waals surface area (Å²) in [6, 6.07) is 9.97. The Labute approximate surface area is 132 Å². The van der Waals surface area contributed by atoms with Gasteiger partial charge in [0.05, 0.1) is 12.4 Å². The van der Waals surface area contributed by atoms with Crippen LogP contribution in [0.1, 0.15) is 10.4 Å². The Kier molecular flexibility index (Phi) is 4.10. The van der Waals surface area contributed by atoms with Crippen molar-refractivity contribution in [3.8, 4) is 11.5 Å². The Morgan fingerprint density at radius 1 is 1.09 bits per heavy atom. The quantitative estimate of drug-likeness (QED) is 0.718. The van der Waals surface area contributed by atoms with E-state index in [-0.39, 0.29) is 5.91 Å². The monoisotopic (exact) mass is 307 g/mol. The van der Waals surface area contributed by atoms with Gasteiger partial charge in [-0.05, 0) is 24.3 Å². The van der Waals surface area contributed by atoms with Crippen molar-refractivity contribution in [1.29, 1.82) is 0 Å². The third-order valence-corrected chi connectivity index (χ3v) is 2.89. The molecule has 3 rings (SSSR count). The van der Waals surface area contributed by atoms with Crippen LogP contribution in [0.2, 0.25) is 0 Å². The molecule has 0 unspecified atom stereocenters. The highest BCUT2D eigenvalue weighted by atomic mass is 16.5. The van der Waals surface area contributed by atoms with Gasteiger partial charge < -0.3 is 15.8 Å². The second kappa shape index (κ2) is 6.52. The molecule has 7 heteroatoms. The number of hydrogen-bond acceptors (Lipinski definition) is 6. The Morgan fingerprint density at radius 3 is 2.70 bits per heavy atom. The molecule has 0 aliphatic carbocycles. The number of pyridine rings is 1. The highest BCUT2D eigenvalue weighted by Crippen LogP contribution is 2.21. The van der Waals surface area contributed by atoms with E-state index in [1.54, 1.807) is 48.8 Å². The van der Waals surface area contributed by atoms with E-state index >= 15 is 0 Å². The maximum Gasteiger partial charge on any atom is 0.256 e. The third kappa shape index (κ3) is 3.79. The summed E-state index contributed by atoms with van der Waals surface area (Å²) in [5.41, 5.74) is 6.65. The van der Waals surface area contributed by atoms with E-state index in [1.807, 2.05) is 0 Å². The molecule has 0 aliphatic heterocycles. The van der Waals surface area contributed by atoms with Gasteiger partial charge in [-0.2, -0.15) is 0 Å². The summed E-state index contributed by atoms with van der Waals surface area (Å²) in [4.78, 5) is 24.0. The molecule has 2 heterocycles. The van der Waals surface area contributed by atoms with Gasteiger partial charge in [-0.25, -0.2) is 15.0 Å². The summed E-state index contributed by atoms with van der Waals surface area (Å²) < 4.78 is 5.59. The smallest absolute Gasteiger partial charge is 0.256 e. The van der Waals surface area contributed by atoms with Crippen LogP contribution in [0.4, 0.5) is 11.5 Å². The number of rotatable bonds is 4. The van der Waals surface area contributed by atoms with Crippen LogP contribution in [0.3, 0.4) is 0 Å². The first-order valence-corrected chi connectivity index (χ1v) is 6.76. The molecule has 0 saturated heterocycles. The fourth-order valence-electron chi connectivity index (χ4n) is 1.89. The minimum atomic E-state index is -0.301. The number of amides is 1. The molecule has 0 fully saturated rings. The van der Waals surface area contributed by atoms with Crippen molar-refractivity contribution in [1.82, 2.24) is 15.0 Å². The number of carbonyl (C=O) groups is 1. The van der Waals surface area contributed by atoms with E-state index in [9.17, 15) is 4.79 Å². The zero-order chi connectivity index (χ0) is 16.1. The van der Waals surface area contributed by atoms with E-state index in [0.717, 1.165) is 0 Å². The number of ether oxygens (including phenoxy) is 1. The average Bonchev–Trinajstić information content (AvgIpc) is 2.56. The predicted octanol–water partition coefficient (Wildman–Crippen LogP) is 2.50. The minimum absolute atomic E-state index is 0.301. The van der Waals surface area contributed by atoms with Crippen LogP contribution >= 0.6 is 0 Å². The molecule has 0 radical (unpaired) electrons. The van der Waals surface area contributed by atoms with Crippen LogP contribution in [-0.4, -0.2) is 20.9 Å². The number of nitrogens with one attached hydrogen (secondary N) is 1. The van der Waals surface area contributed by atoms with Gasteiger partial charge in [-0.15, -0.1) is 0 Å². The first-order valence-electron chi connectivity index (χ1n) is 6.76. The van der Waals surface area contributed by atoms with Crippen molar-refractivity contribution < 1.29 is 9.53 Å². The predicted molar refractivity (Wildman–Crippen MR) is 85.2 cm³/mol. The summed E-state index contributed by atoms with van der Waals surface area (Å²) in [5.74, 6) is 1.07. The first-order chi connectivity index (χ1) is 11.2. The topological polar surface area (TPSA) is 103 Å². The second-order valence-corrected chi connectivity index (χ2v) is 4.63. The van der Waals surface area contributed by atoms with Crippen molar-refractivity contribution in [2.24, 2.45) is 0 Å². The molecule has 7 nitrogen and oxygen atoms in total. The maximum atomic E-state index is 12.2. The van der Waals surface area contributed by atoms with Crippen LogP contribution in [0.5, 0.6) is 11.5 Å². The molecule has 1 aromatic carbocycles. The number of aromatic nitrogens is 3. The standard InChI is InChI=1S/C16H13N5O2/c17-12-3-1-2-11(6-12)16(22)21-15-7-13(4-5-20-15)23-14-8-18-10-19-9-14/h1-10H,17H2,(H,20,21,22). The second-order valence-electron chi connectivity index (χ2n) is 4.63. The number of nitrogen functional groups attached to an aromatic ring is 1. The van der Waals surface area contributed by atoms with Crippen molar-refractivity contribution in [2.75, 3.05) is 11.1 Å². The van der Waals surface area contributed by atoms with Gasteiger partial charge in [0.1, 0.15) is 17.9 Å². The zero-order valence-corrected chi connectivity index (χ0v) is 12.0. The molecule has 3 aromatic rings. The van der Waals surface area contributed by atoms with Crippen molar-refractivity contribution >= 4 is 17.4 Å². The Morgan fingerprint density at radius 2 is 1.91 bits per heavy atom. The van der Waals surface area contributed by atoms with Gasteiger partial charge in [0.2, 0.25) is 0 Å². The van der Waals surface area contributed by atoms with E-state index in [1.165, 1.54) is 12.5 Å². The summed E-state index contributed by atoms with van der Waals surface area (Å²) in [7, 11) is 0. The number of nitrogens with zero attached hydrogens (tertiary/aromatic N) is 3. The molecule has 2 aromatic heterocycles. The molecule has 0 aliphatic rings. The average molecular weight is 307 g/mol. The molecule has 0 bridgehead atoms. The number of nitrogens with two attached hydrogens (primary N) is 1. The lowest BCUT2D eigenvalue weighted by atomic mass is 10.2. The number of carbonyl (C=O) groups excluding carboxylic acids is 1. The SMILES string of the molecule is Nc1cccc(C(=O)Nc2cc(Oc3cncnc3)ccn2)c1. The normalized spacial score (nSPS) is 10.1. The molecular formula is C16H13N5O2. The number of benzene rings is 1. The molecular weight excluding hydrogens is 294 g/mol. The largest absolute Gasteiger partial charge is 0.454 e. The van der Waals surface area contributed by atoms with Crippen molar-refractivity contribution in [3.63, 3.8) is 0 Å². The zero-order valence-electron chi connectivity index (χ0n) is 12.0. The van der Waals surface area contributed by atoms with Gasteiger partial charge in [-0.3, -0.25) is 4.79 Å². The van der Waals surface area contributed by atoms with Gasteiger partial charge in [0.15, 0.2) is 5.75 Å². The molecule has 114 valence electrons. The Bertz CT molecular complexity index is 823. The van der Waals surface area contributed by atoms with E-state index in [0.29, 0.717) is 28.6 Å². The van der Waals surface area contributed by atoms with Crippen molar-refractivity contribution in [2.45, 2.75) is 0 Å². The summed E-state index contributed by atoms with van der Waals surface area (Å²) in [6.45, 7) is 0. The van der Waals surface area contributed by atoms with Gasteiger partial charge in [0.25, 0.3) is 5.91 Å². The highest BCUT2D eigenvalue weighted by molar-refractivity contribution is 6.04. The van der Waals surface area contributed by atoms with Crippen LogP contribution in [0, 0.1) is 0 Å². The molecule has 0 atom stereocenters. The highest BCUT2D eigenvalue weighted by Gasteiger charge is 2.08. The molecule has 3 N–H and O–H groups in total. The Balaban J connectivity index is 1.74. The van der Waals surface area contributed by atoms with Crippen LogP contribution in [0.15, 0.2) is 61.3 Å². The molecule has 23 heavy (non-hydrogen) atoms. The van der Waals surface area contributed by atoms with E-state index in [2.05, 4.69) is 20.3 Å². The molecule has 0 spiro atoms. The fourth-order valence-corrected chi connectivity index (χ4v) is 1.89. The summed E-state index contributed by atoms with van der Waals surface area (Å²) in [5, 5.41) is 2.69. The minimum Gasteiger partial charge on any atom is -0.454 e. The third-order valence-electron chi connectivity index (χ3n) is 2.89. The van der Waals surface area contributed by atoms with Crippen LogP contribution < -0.4 is 15.8 Å². The van der Waals surface area contributed by atoms with Gasteiger partial charge >= 0.3 is 0 Å². The summed E-state index contributed by atoms with van der Waals surface area (Å²) >= 11 is 0. The fraction of sp³-hybridized carbons (Fsp3) is 0. The van der Waals surface area contributed by atoms with Crippen LogP contribution in [-0.2, 0) is 0 Å². The first kappa shape index (κ1) is 14.5. The Hall–Kier alpha value is -3.48. The lowest BCUT2D eigenvalue weighted by molar-refractivity contribution is 0.102. The molecule has 1 amide bonds.